The minimum absolute atomic E-state index is 0.0905. The van der Waals surface area contributed by atoms with E-state index in [-0.39, 0.29) is 18.7 Å². The molecule has 0 spiro atoms. The summed E-state index contributed by atoms with van der Waals surface area (Å²) in [6, 6.07) is 15.7. The molecule has 1 heterocycles. The average molecular weight is 482 g/mol. The summed E-state index contributed by atoms with van der Waals surface area (Å²) in [5.74, 6) is -4.31. The standard InChI is InChI=1S/C26H31N3O6/c1-5-35-25(32)22-17(2)27-26(3,28(4)16-18-10-7-6-8-11-18)23(24(30)31)21(22)15-19-12-9-13-20(14-19)29(33)34/h6-14,21-23H,5,15-16H2,1-4H3,(H,30,31). The third-order valence-corrected chi connectivity index (χ3v) is 6.73. The summed E-state index contributed by atoms with van der Waals surface area (Å²) >= 11 is 0. The number of aliphatic carboxylic acids is 1. The van der Waals surface area contributed by atoms with Gasteiger partial charge in [0.1, 0.15) is 5.66 Å². The second-order valence-corrected chi connectivity index (χ2v) is 9.03. The summed E-state index contributed by atoms with van der Waals surface area (Å²) in [6.07, 6.45) is 0.143. The summed E-state index contributed by atoms with van der Waals surface area (Å²) in [4.78, 5) is 43.3. The van der Waals surface area contributed by atoms with Crippen molar-refractivity contribution in [3.05, 3.63) is 75.8 Å². The Morgan fingerprint density at radius 2 is 1.83 bits per heavy atom. The van der Waals surface area contributed by atoms with Crippen LogP contribution in [0, 0.1) is 27.9 Å². The lowest BCUT2D eigenvalue weighted by Gasteiger charge is -2.48. The molecule has 0 saturated carbocycles. The minimum Gasteiger partial charge on any atom is -0.481 e. The highest BCUT2D eigenvalue weighted by Gasteiger charge is 2.55. The maximum atomic E-state index is 13.0. The Bertz CT molecular complexity index is 1120. The predicted octanol–water partition coefficient (Wildman–Crippen LogP) is 3.96. The molecule has 0 aliphatic carbocycles. The molecule has 35 heavy (non-hydrogen) atoms. The third kappa shape index (κ3) is 5.57. The second kappa shape index (κ2) is 10.8. The summed E-state index contributed by atoms with van der Waals surface area (Å²) in [5, 5.41) is 21.7. The molecule has 1 aliphatic heterocycles. The molecule has 186 valence electrons. The van der Waals surface area contributed by atoms with Gasteiger partial charge in [0.2, 0.25) is 0 Å². The molecule has 9 nitrogen and oxygen atoms in total. The highest BCUT2D eigenvalue weighted by molar-refractivity contribution is 6.03. The zero-order valence-corrected chi connectivity index (χ0v) is 20.4. The number of nitrogens with zero attached hydrogens (tertiary/aromatic N) is 3. The molecule has 0 amide bonds. The van der Waals surface area contributed by atoms with Crippen LogP contribution in [-0.2, 0) is 27.3 Å². The zero-order valence-electron chi connectivity index (χ0n) is 20.4. The van der Waals surface area contributed by atoms with Crippen molar-refractivity contribution in [2.45, 2.75) is 39.4 Å². The lowest BCUT2D eigenvalue weighted by atomic mass is 9.68. The van der Waals surface area contributed by atoms with Crippen molar-refractivity contribution >= 4 is 23.3 Å². The first-order valence-corrected chi connectivity index (χ1v) is 11.5. The number of esters is 1. The number of nitro benzene ring substituents is 1. The fourth-order valence-electron chi connectivity index (χ4n) is 5.04. The van der Waals surface area contributed by atoms with Crippen LogP contribution in [0.2, 0.25) is 0 Å². The van der Waals surface area contributed by atoms with E-state index in [1.165, 1.54) is 12.1 Å². The number of nitro groups is 1. The summed E-state index contributed by atoms with van der Waals surface area (Å²) in [7, 11) is 1.81. The van der Waals surface area contributed by atoms with Crippen LogP contribution in [0.4, 0.5) is 5.69 Å². The summed E-state index contributed by atoms with van der Waals surface area (Å²) in [6.45, 7) is 5.77. The second-order valence-electron chi connectivity index (χ2n) is 9.03. The molecule has 0 fully saturated rings. The fraction of sp³-hybridized carbons (Fsp3) is 0.423. The van der Waals surface area contributed by atoms with Gasteiger partial charge < -0.3 is 9.84 Å². The molecular weight excluding hydrogens is 450 g/mol. The Morgan fingerprint density at radius 3 is 2.43 bits per heavy atom. The lowest BCUT2D eigenvalue weighted by molar-refractivity contribution is -0.384. The Labute approximate surface area is 204 Å². The van der Waals surface area contributed by atoms with Crippen molar-refractivity contribution < 1.29 is 24.4 Å². The number of ether oxygens (including phenoxy) is 1. The monoisotopic (exact) mass is 481 g/mol. The maximum Gasteiger partial charge on any atom is 0.314 e. The number of benzene rings is 2. The van der Waals surface area contributed by atoms with Gasteiger partial charge in [-0.15, -0.1) is 0 Å². The number of carbonyl (C=O) groups is 2. The van der Waals surface area contributed by atoms with Crippen LogP contribution in [0.3, 0.4) is 0 Å². The van der Waals surface area contributed by atoms with Gasteiger partial charge in [-0.2, -0.15) is 0 Å². The van der Waals surface area contributed by atoms with Crippen LogP contribution in [0.5, 0.6) is 0 Å². The van der Waals surface area contributed by atoms with Crippen molar-refractivity contribution in [2.24, 2.45) is 22.7 Å². The molecule has 0 bridgehead atoms. The Kier molecular flexibility index (Phi) is 8.01. The van der Waals surface area contributed by atoms with Gasteiger partial charge in [0.15, 0.2) is 0 Å². The van der Waals surface area contributed by atoms with Crippen molar-refractivity contribution in [3.8, 4) is 0 Å². The van der Waals surface area contributed by atoms with Gasteiger partial charge >= 0.3 is 11.9 Å². The number of carbonyl (C=O) groups excluding carboxylic acids is 1. The van der Waals surface area contributed by atoms with E-state index in [0.29, 0.717) is 17.8 Å². The van der Waals surface area contributed by atoms with E-state index in [2.05, 4.69) is 0 Å². The number of aliphatic imine (C=N–C) groups is 1. The summed E-state index contributed by atoms with van der Waals surface area (Å²) in [5.41, 5.74) is 0.801. The van der Waals surface area contributed by atoms with Crippen LogP contribution in [0.1, 0.15) is 31.9 Å². The number of carboxylic acids is 1. The van der Waals surface area contributed by atoms with Gasteiger partial charge in [-0.3, -0.25) is 29.6 Å². The van der Waals surface area contributed by atoms with Gasteiger partial charge in [-0.1, -0.05) is 42.5 Å². The van der Waals surface area contributed by atoms with E-state index < -0.39 is 40.3 Å². The van der Waals surface area contributed by atoms with E-state index >= 15 is 0 Å². The van der Waals surface area contributed by atoms with Crippen LogP contribution in [-0.4, -0.2) is 51.9 Å². The molecule has 1 N–H and O–H groups in total. The SMILES string of the molecule is CCOC(=O)C1C(C)=NC(C)(N(C)Cc2ccccc2)C(C(=O)O)C1Cc1cccc([N+](=O)[O-])c1. The Hall–Kier alpha value is -3.59. The predicted molar refractivity (Wildman–Crippen MR) is 131 cm³/mol. The van der Waals surface area contributed by atoms with Crippen LogP contribution in [0.25, 0.3) is 0 Å². The lowest BCUT2D eigenvalue weighted by Crippen LogP contribution is -2.60. The average Bonchev–Trinajstić information content (AvgIpc) is 2.79. The number of hydrogen-bond acceptors (Lipinski definition) is 7. The van der Waals surface area contributed by atoms with E-state index in [1.807, 2.05) is 42.3 Å². The van der Waals surface area contributed by atoms with Gasteiger partial charge in [-0.25, -0.2) is 0 Å². The molecule has 0 aromatic heterocycles. The minimum atomic E-state index is -1.17. The van der Waals surface area contributed by atoms with Crippen molar-refractivity contribution in [3.63, 3.8) is 0 Å². The maximum absolute atomic E-state index is 13.0. The molecule has 9 heteroatoms. The van der Waals surface area contributed by atoms with Crippen LogP contribution < -0.4 is 0 Å². The molecule has 4 unspecified atom stereocenters. The van der Waals surface area contributed by atoms with Crippen molar-refractivity contribution in [1.82, 2.24) is 4.90 Å². The molecule has 2 aromatic carbocycles. The van der Waals surface area contributed by atoms with E-state index in [0.717, 1.165) is 5.56 Å². The molecule has 3 rings (SSSR count). The fourth-order valence-corrected chi connectivity index (χ4v) is 5.04. The van der Waals surface area contributed by atoms with E-state index in [1.54, 1.807) is 32.9 Å². The Morgan fingerprint density at radius 1 is 1.17 bits per heavy atom. The number of hydrogen-bond donors (Lipinski definition) is 1. The number of carboxylic acid groups (broad SMARTS) is 1. The summed E-state index contributed by atoms with van der Waals surface area (Å²) < 4.78 is 5.30. The first-order chi connectivity index (χ1) is 16.6. The van der Waals surface area contributed by atoms with Crippen LogP contribution >= 0.6 is 0 Å². The van der Waals surface area contributed by atoms with Gasteiger partial charge in [0.05, 0.1) is 23.4 Å². The van der Waals surface area contributed by atoms with E-state index in [4.69, 9.17) is 9.73 Å². The highest BCUT2D eigenvalue weighted by atomic mass is 16.6. The molecular formula is C26H31N3O6. The van der Waals surface area contributed by atoms with Crippen LogP contribution in [0.15, 0.2) is 59.6 Å². The molecule has 4 atom stereocenters. The highest BCUT2D eigenvalue weighted by Crippen LogP contribution is 2.43. The van der Waals surface area contributed by atoms with Crippen molar-refractivity contribution in [1.29, 1.82) is 0 Å². The van der Waals surface area contributed by atoms with Gasteiger partial charge in [0, 0.05) is 24.4 Å². The first kappa shape index (κ1) is 26.0. The van der Waals surface area contributed by atoms with Gasteiger partial charge in [-0.05, 0) is 51.3 Å². The number of rotatable bonds is 9. The molecule has 0 saturated heterocycles. The number of non-ortho nitro benzene ring substituents is 1. The molecule has 1 aliphatic rings. The third-order valence-electron chi connectivity index (χ3n) is 6.73. The van der Waals surface area contributed by atoms with E-state index in [9.17, 15) is 24.8 Å². The topological polar surface area (TPSA) is 122 Å². The smallest absolute Gasteiger partial charge is 0.314 e. The molecule has 0 radical (unpaired) electrons. The normalized spacial score (nSPS) is 24.0. The van der Waals surface area contributed by atoms with Crippen molar-refractivity contribution in [2.75, 3.05) is 13.7 Å². The zero-order chi connectivity index (χ0) is 25.8. The molecule has 2 aromatic rings. The Balaban J connectivity index is 2.09. The first-order valence-electron chi connectivity index (χ1n) is 11.5. The largest absolute Gasteiger partial charge is 0.481 e. The van der Waals surface area contributed by atoms with Gasteiger partial charge in [0.25, 0.3) is 5.69 Å². The quantitative estimate of drug-likeness (QED) is 0.327.